The SMILES string of the molecule is Cc1cc(C)cc(Cn2ccsc2=O)c1. The summed E-state index contributed by atoms with van der Waals surface area (Å²) in [5.74, 6) is 0. The highest BCUT2D eigenvalue weighted by Gasteiger charge is 2.00. The van der Waals surface area contributed by atoms with Crippen molar-refractivity contribution in [2.24, 2.45) is 0 Å². The van der Waals surface area contributed by atoms with Gasteiger partial charge in [-0.15, -0.1) is 0 Å². The molecule has 1 heterocycles. The predicted molar refractivity (Wildman–Crippen MR) is 63.6 cm³/mol. The van der Waals surface area contributed by atoms with Crippen molar-refractivity contribution in [2.75, 3.05) is 0 Å². The molecule has 0 saturated heterocycles. The van der Waals surface area contributed by atoms with Crippen LogP contribution in [0.5, 0.6) is 0 Å². The summed E-state index contributed by atoms with van der Waals surface area (Å²) in [5, 5.41) is 1.82. The lowest BCUT2D eigenvalue weighted by molar-refractivity contribution is 0.782. The Morgan fingerprint density at radius 2 is 1.87 bits per heavy atom. The van der Waals surface area contributed by atoms with Gasteiger partial charge in [-0.05, 0) is 19.4 Å². The van der Waals surface area contributed by atoms with E-state index in [-0.39, 0.29) is 4.87 Å². The fourth-order valence-corrected chi connectivity index (χ4v) is 2.35. The minimum atomic E-state index is 0.106. The molecule has 2 rings (SSSR count). The number of aryl methyl sites for hydroxylation is 2. The Labute approximate surface area is 92.8 Å². The third-order valence-electron chi connectivity index (χ3n) is 2.28. The van der Waals surface area contributed by atoms with Crippen molar-refractivity contribution in [1.29, 1.82) is 0 Å². The molecule has 78 valence electrons. The molecule has 15 heavy (non-hydrogen) atoms. The second kappa shape index (κ2) is 4.03. The molecule has 1 aromatic heterocycles. The Hall–Kier alpha value is -1.35. The van der Waals surface area contributed by atoms with Crippen molar-refractivity contribution in [1.82, 2.24) is 4.57 Å². The highest BCUT2D eigenvalue weighted by molar-refractivity contribution is 7.07. The third-order valence-corrected chi connectivity index (χ3v) is 2.97. The van der Waals surface area contributed by atoms with Crippen molar-refractivity contribution in [2.45, 2.75) is 20.4 Å². The van der Waals surface area contributed by atoms with Gasteiger partial charge in [-0.3, -0.25) is 4.79 Å². The van der Waals surface area contributed by atoms with Crippen LogP contribution in [0.1, 0.15) is 16.7 Å². The van der Waals surface area contributed by atoms with Crippen molar-refractivity contribution >= 4 is 11.3 Å². The zero-order valence-corrected chi connectivity index (χ0v) is 9.67. The lowest BCUT2D eigenvalue weighted by atomic mass is 10.1. The number of hydrogen-bond donors (Lipinski definition) is 0. The van der Waals surface area contributed by atoms with Crippen LogP contribution in [0.2, 0.25) is 0 Å². The topological polar surface area (TPSA) is 22.0 Å². The normalized spacial score (nSPS) is 10.5. The lowest BCUT2D eigenvalue weighted by Crippen LogP contribution is -2.12. The zero-order valence-electron chi connectivity index (χ0n) is 8.86. The van der Waals surface area contributed by atoms with E-state index in [1.54, 1.807) is 4.57 Å². The van der Waals surface area contributed by atoms with Crippen LogP contribution in [0.4, 0.5) is 0 Å². The summed E-state index contributed by atoms with van der Waals surface area (Å²) < 4.78 is 1.74. The van der Waals surface area contributed by atoms with Crippen molar-refractivity contribution in [3.05, 3.63) is 56.1 Å². The summed E-state index contributed by atoms with van der Waals surface area (Å²) in [6.45, 7) is 4.82. The van der Waals surface area contributed by atoms with Gasteiger partial charge in [-0.25, -0.2) is 0 Å². The summed E-state index contributed by atoms with van der Waals surface area (Å²) in [5.41, 5.74) is 3.68. The van der Waals surface area contributed by atoms with E-state index < -0.39 is 0 Å². The molecular formula is C12H13NOS. The van der Waals surface area contributed by atoms with E-state index in [2.05, 4.69) is 32.0 Å². The summed E-state index contributed by atoms with van der Waals surface area (Å²) in [4.78, 5) is 11.5. The summed E-state index contributed by atoms with van der Waals surface area (Å²) >= 11 is 1.24. The molecule has 0 spiro atoms. The molecule has 0 aliphatic carbocycles. The molecule has 3 heteroatoms. The van der Waals surface area contributed by atoms with Crippen LogP contribution in [0.25, 0.3) is 0 Å². The monoisotopic (exact) mass is 219 g/mol. The minimum Gasteiger partial charge on any atom is -0.302 e. The standard InChI is InChI=1S/C12H13NOS/c1-9-5-10(2)7-11(6-9)8-13-3-4-15-12(13)14/h3-7H,8H2,1-2H3. The third kappa shape index (κ3) is 2.36. The molecule has 0 saturated carbocycles. The molecule has 0 unspecified atom stereocenters. The largest absolute Gasteiger partial charge is 0.307 e. The van der Waals surface area contributed by atoms with Crippen LogP contribution in [0, 0.1) is 13.8 Å². The maximum atomic E-state index is 11.4. The van der Waals surface area contributed by atoms with E-state index in [0.29, 0.717) is 6.54 Å². The first-order chi connectivity index (χ1) is 7.15. The average molecular weight is 219 g/mol. The number of hydrogen-bond acceptors (Lipinski definition) is 2. The first-order valence-electron chi connectivity index (χ1n) is 4.86. The van der Waals surface area contributed by atoms with E-state index in [9.17, 15) is 4.79 Å². The van der Waals surface area contributed by atoms with Crippen LogP contribution in [0.15, 0.2) is 34.6 Å². The van der Waals surface area contributed by atoms with Gasteiger partial charge in [0.05, 0.1) is 6.54 Å². The van der Waals surface area contributed by atoms with Crippen molar-refractivity contribution < 1.29 is 0 Å². The van der Waals surface area contributed by atoms with Gasteiger partial charge >= 0.3 is 4.87 Å². The fraction of sp³-hybridized carbons (Fsp3) is 0.250. The first-order valence-corrected chi connectivity index (χ1v) is 5.74. The average Bonchev–Trinajstić information content (AvgIpc) is 2.50. The van der Waals surface area contributed by atoms with Gasteiger partial charge in [-0.1, -0.05) is 40.7 Å². The molecule has 0 aliphatic rings. The Bertz CT molecular complexity index is 504. The molecule has 2 nitrogen and oxygen atoms in total. The molecule has 0 radical (unpaired) electrons. The van der Waals surface area contributed by atoms with Gasteiger partial charge < -0.3 is 4.57 Å². The predicted octanol–water partition coefficient (Wildman–Crippen LogP) is 2.57. The molecule has 0 amide bonds. The van der Waals surface area contributed by atoms with Crippen LogP contribution >= 0.6 is 11.3 Å². The van der Waals surface area contributed by atoms with Gasteiger partial charge in [0.25, 0.3) is 0 Å². The Morgan fingerprint density at radius 1 is 1.20 bits per heavy atom. The quantitative estimate of drug-likeness (QED) is 0.761. The van der Waals surface area contributed by atoms with Crippen molar-refractivity contribution in [3.63, 3.8) is 0 Å². The molecular weight excluding hydrogens is 206 g/mol. The van der Waals surface area contributed by atoms with Crippen LogP contribution < -0.4 is 4.87 Å². The van der Waals surface area contributed by atoms with Crippen LogP contribution in [-0.2, 0) is 6.54 Å². The highest BCUT2D eigenvalue weighted by atomic mass is 32.1. The van der Waals surface area contributed by atoms with Gasteiger partial charge in [0, 0.05) is 11.6 Å². The van der Waals surface area contributed by atoms with E-state index in [1.807, 2.05) is 11.6 Å². The number of benzene rings is 1. The highest BCUT2D eigenvalue weighted by Crippen LogP contribution is 2.09. The zero-order chi connectivity index (χ0) is 10.8. The van der Waals surface area contributed by atoms with Gasteiger partial charge in [0.2, 0.25) is 0 Å². The molecule has 0 aliphatic heterocycles. The van der Waals surface area contributed by atoms with E-state index in [0.717, 1.165) is 0 Å². The van der Waals surface area contributed by atoms with Crippen LogP contribution in [0.3, 0.4) is 0 Å². The maximum absolute atomic E-state index is 11.4. The van der Waals surface area contributed by atoms with E-state index in [1.165, 1.54) is 28.0 Å². The summed E-state index contributed by atoms with van der Waals surface area (Å²) in [6.07, 6.45) is 1.84. The number of nitrogens with zero attached hydrogens (tertiary/aromatic N) is 1. The fourth-order valence-electron chi connectivity index (χ4n) is 1.76. The molecule has 1 aromatic carbocycles. The molecule has 0 atom stereocenters. The Kier molecular flexibility index (Phi) is 2.73. The van der Waals surface area contributed by atoms with E-state index >= 15 is 0 Å². The first kappa shape index (κ1) is 10.2. The van der Waals surface area contributed by atoms with Gasteiger partial charge in [0.15, 0.2) is 0 Å². The number of thiazole rings is 1. The number of rotatable bonds is 2. The molecule has 0 fully saturated rings. The van der Waals surface area contributed by atoms with Gasteiger partial charge in [0.1, 0.15) is 0 Å². The molecule has 0 N–H and O–H groups in total. The maximum Gasteiger partial charge on any atom is 0.307 e. The smallest absolute Gasteiger partial charge is 0.302 e. The summed E-state index contributed by atoms with van der Waals surface area (Å²) in [7, 11) is 0. The lowest BCUT2D eigenvalue weighted by Gasteiger charge is -2.05. The van der Waals surface area contributed by atoms with E-state index in [4.69, 9.17) is 0 Å². The minimum absolute atomic E-state index is 0.106. The Morgan fingerprint density at radius 3 is 2.40 bits per heavy atom. The second-order valence-electron chi connectivity index (χ2n) is 3.79. The Balaban J connectivity index is 2.32. The van der Waals surface area contributed by atoms with Crippen molar-refractivity contribution in [3.8, 4) is 0 Å². The van der Waals surface area contributed by atoms with Crippen LogP contribution in [-0.4, -0.2) is 4.57 Å². The summed E-state index contributed by atoms with van der Waals surface area (Å²) in [6, 6.07) is 6.38. The van der Waals surface area contributed by atoms with Gasteiger partial charge in [-0.2, -0.15) is 0 Å². The number of aromatic nitrogens is 1. The molecule has 2 aromatic rings. The second-order valence-corrected chi connectivity index (χ2v) is 4.65. The molecule has 0 bridgehead atoms.